The molecule has 0 saturated heterocycles. The van der Waals surface area contributed by atoms with Crippen LogP contribution in [0.2, 0.25) is 0 Å². The topological polar surface area (TPSA) is 71.7 Å². The van der Waals surface area contributed by atoms with E-state index in [0.29, 0.717) is 35.1 Å². The third-order valence-corrected chi connectivity index (χ3v) is 4.51. The first-order valence-electron chi connectivity index (χ1n) is 8.70. The second-order valence-corrected chi connectivity index (χ2v) is 6.59. The number of nitrogens with one attached hydrogen (secondary N) is 1. The fraction of sp³-hybridized carbons (Fsp3) is 0.526. The molecule has 1 aromatic carbocycles. The Balaban J connectivity index is 1.54. The number of ether oxygens (including phenoxy) is 1. The number of aliphatic hydroxyl groups excluding tert-OH is 1. The van der Waals surface area contributed by atoms with Gasteiger partial charge in [0.25, 0.3) is 0 Å². The van der Waals surface area contributed by atoms with Crippen LogP contribution in [0.15, 0.2) is 33.5 Å². The molecule has 3 rings (SSSR count). The van der Waals surface area contributed by atoms with Crippen LogP contribution in [-0.2, 0) is 0 Å². The molecule has 0 bridgehead atoms. The van der Waals surface area contributed by atoms with Crippen molar-refractivity contribution in [3.8, 4) is 5.75 Å². The van der Waals surface area contributed by atoms with Crippen LogP contribution in [0.25, 0.3) is 11.0 Å². The predicted octanol–water partition coefficient (Wildman–Crippen LogP) is 2.76. The molecule has 1 aliphatic carbocycles. The number of benzene rings is 1. The first-order chi connectivity index (χ1) is 11.6. The van der Waals surface area contributed by atoms with E-state index in [2.05, 4.69) is 5.32 Å². The lowest BCUT2D eigenvalue weighted by atomic mass is 9.95. The van der Waals surface area contributed by atoms with Crippen LogP contribution < -0.4 is 15.5 Å². The van der Waals surface area contributed by atoms with E-state index in [1.807, 2.05) is 0 Å². The number of rotatable bonds is 6. The predicted molar refractivity (Wildman–Crippen MR) is 93.6 cm³/mol. The molecule has 2 N–H and O–H groups in total. The van der Waals surface area contributed by atoms with Crippen LogP contribution in [0.4, 0.5) is 0 Å². The molecule has 1 aliphatic rings. The summed E-state index contributed by atoms with van der Waals surface area (Å²) in [4.78, 5) is 11.9. The summed E-state index contributed by atoms with van der Waals surface area (Å²) in [5.74, 6) is 1.16. The molecule has 0 amide bonds. The van der Waals surface area contributed by atoms with Crippen molar-refractivity contribution >= 4 is 11.0 Å². The number of hydrogen-bond donors (Lipinski definition) is 2. The summed E-state index contributed by atoms with van der Waals surface area (Å²) in [6, 6.07) is 7.12. The Kier molecular flexibility index (Phi) is 5.53. The SMILES string of the molecule is Cc1cc(=O)c2ccc(OCC(O)CNC3CCCCC3)cc2o1. The van der Waals surface area contributed by atoms with Gasteiger partial charge in [-0.3, -0.25) is 4.79 Å². The standard InChI is InChI=1S/C19H25NO4/c1-13-9-18(22)17-8-7-16(10-19(17)24-13)23-12-15(21)11-20-14-5-3-2-4-6-14/h7-10,14-15,20-21H,2-6,11-12H2,1H3. The molecule has 0 radical (unpaired) electrons. The van der Waals surface area contributed by atoms with Gasteiger partial charge in [0, 0.05) is 24.7 Å². The number of aryl methyl sites for hydroxylation is 1. The molecule has 130 valence electrons. The number of fused-ring (bicyclic) bond motifs is 1. The minimum atomic E-state index is -0.563. The van der Waals surface area contributed by atoms with E-state index >= 15 is 0 Å². The maximum absolute atomic E-state index is 11.9. The average Bonchev–Trinajstić information content (AvgIpc) is 2.58. The van der Waals surface area contributed by atoms with Crippen molar-refractivity contribution in [3.63, 3.8) is 0 Å². The highest BCUT2D eigenvalue weighted by Crippen LogP contribution is 2.20. The van der Waals surface area contributed by atoms with Gasteiger partial charge in [-0.05, 0) is 31.9 Å². The molecule has 0 spiro atoms. The van der Waals surface area contributed by atoms with Gasteiger partial charge < -0.3 is 19.6 Å². The van der Waals surface area contributed by atoms with E-state index in [4.69, 9.17) is 9.15 Å². The van der Waals surface area contributed by atoms with Crippen LogP contribution in [0.3, 0.4) is 0 Å². The van der Waals surface area contributed by atoms with Crippen molar-refractivity contribution in [2.45, 2.75) is 51.2 Å². The summed E-state index contributed by atoms with van der Waals surface area (Å²) in [5.41, 5.74) is 0.448. The summed E-state index contributed by atoms with van der Waals surface area (Å²) in [7, 11) is 0. The Morgan fingerprint density at radius 2 is 2.08 bits per heavy atom. The number of aliphatic hydroxyl groups is 1. The summed E-state index contributed by atoms with van der Waals surface area (Å²) in [5, 5.41) is 14.0. The first-order valence-corrected chi connectivity index (χ1v) is 8.70. The Morgan fingerprint density at radius 1 is 1.29 bits per heavy atom. The highest BCUT2D eigenvalue weighted by molar-refractivity contribution is 5.77. The highest BCUT2D eigenvalue weighted by Gasteiger charge is 2.14. The fourth-order valence-corrected chi connectivity index (χ4v) is 3.21. The monoisotopic (exact) mass is 331 g/mol. The van der Waals surface area contributed by atoms with Crippen molar-refractivity contribution in [1.29, 1.82) is 0 Å². The Bertz CT molecular complexity index is 734. The van der Waals surface area contributed by atoms with Gasteiger partial charge in [-0.2, -0.15) is 0 Å². The molecular formula is C19H25NO4. The number of hydrogen-bond acceptors (Lipinski definition) is 5. The molecule has 1 saturated carbocycles. The fourth-order valence-electron chi connectivity index (χ4n) is 3.21. The zero-order chi connectivity index (χ0) is 16.9. The van der Waals surface area contributed by atoms with Crippen molar-refractivity contribution in [3.05, 3.63) is 40.2 Å². The van der Waals surface area contributed by atoms with Gasteiger partial charge in [-0.1, -0.05) is 19.3 Å². The van der Waals surface area contributed by atoms with Crippen molar-refractivity contribution in [2.24, 2.45) is 0 Å². The van der Waals surface area contributed by atoms with E-state index in [1.165, 1.54) is 38.2 Å². The van der Waals surface area contributed by atoms with Gasteiger partial charge >= 0.3 is 0 Å². The van der Waals surface area contributed by atoms with Crippen LogP contribution in [0.5, 0.6) is 5.75 Å². The largest absolute Gasteiger partial charge is 0.491 e. The molecule has 2 aromatic rings. The van der Waals surface area contributed by atoms with Crippen LogP contribution in [-0.4, -0.2) is 30.4 Å². The minimum Gasteiger partial charge on any atom is -0.491 e. The highest BCUT2D eigenvalue weighted by atomic mass is 16.5. The van der Waals surface area contributed by atoms with Crippen molar-refractivity contribution < 1.29 is 14.3 Å². The van der Waals surface area contributed by atoms with Crippen molar-refractivity contribution in [2.75, 3.05) is 13.2 Å². The second-order valence-electron chi connectivity index (χ2n) is 6.59. The van der Waals surface area contributed by atoms with E-state index in [1.54, 1.807) is 25.1 Å². The van der Waals surface area contributed by atoms with E-state index in [0.717, 1.165) is 0 Å². The Hall–Kier alpha value is -1.85. The third kappa shape index (κ3) is 4.36. The molecule has 24 heavy (non-hydrogen) atoms. The van der Waals surface area contributed by atoms with Crippen molar-refractivity contribution in [1.82, 2.24) is 5.32 Å². The van der Waals surface area contributed by atoms with Crippen LogP contribution in [0.1, 0.15) is 37.9 Å². The van der Waals surface area contributed by atoms with Gasteiger partial charge in [-0.15, -0.1) is 0 Å². The Labute approximate surface area is 141 Å². The van der Waals surface area contributed by atoms with Gasteiger partial charge in [0.2, 0.25) is 0 Å². The quantitative estimate of drug-likeness (QED) is 0.851. The summed E-state index contributed by atoms with van der Waals surface area (Å²) in [6.45, 7) is 2.49. The second kappa shape index (κ2) is 7.81. The lowest BCUT2D eigenvalue weighted by molar-refractivity contribution is 0.102. The maximum atomic E-state index is 11.9. The van der Waals surface area contributed by atoms with Crippen LogP contribution in [0, 0.1) is 6.92 Å². The molecule has 5 nitrogen and oxygen atoms in total. The molecular weight excluding hydrogens is 306 g/mol. The van der Waals surface area contributed by atoms with E-state index < -0.39 is 6.10 Å². The van der Waals surface area contributed by atoms with Crippen LogP contribution >= 0.6 is 0 Å². The van der Waals surface area contributed by atoms with Gasteiger partial charge in [0.1, 0.15) is 29.8 Å². The van der Waals surface area contributed by atoms with Gasteiger partial charge in [-0.25, -0.2) is 0 Å². The minimum absolute atomic E-state index is 0.0583. The van der Waals surface area contributed by atoms with E-state index in [9.17, 15) is 9.90 Å². The van der Waals surface area contributed by atoms with Gasteiger partial charge in [0.15, 0.2) is 5.43 Å². The zero-order valence-electron chi connectivity index (χ0n) is 14.1. The summed E-state index contributed by atoms with van der Waals surface area (Å²) >= 11 is 0. The smallest absolute Gasteiger partial charge is 0.192 e. The lowest BCUT2D eigenvalue weighted by Crippen LogP contribution is -2.38. The maximum Gasteiger partial charge on any atom is 0.192 e. The zero-order valence-corrected chi connectivity index (χ0v) is 14.1. The average molecular weight is 331 g/mol. The molecule has 0 aliphatic heterocycles. The summed E-state index contributed by atoms with van der Waals surface area (Å²) in [6.07, 6.45) is 5.68. The lowest BCUT2D eigenvalue weighted by Gasteiger charge is -2.24. The third-order valence-electron chi connectivity index (χ3n) is 4.51. The first kappa shape index (κ1) is 17.0. The molecule has 1 fully saturated rings. The summed E-state index contributed by atoms with van der Waals surface area (Å²) < 4.78 is 11.2. The van der Waals surface area contributed by atoms with Gasteiger partial charge in [0.05, 0.1) is 5.39 Å². The molecule has 5 heteroatoms. The normalized spacial score (nSPS) is 17.1. The molecule has 1 unspecified atom stereocenters. The van der Waals surface area contributed by atoms with E-state index in [-0.39, 0.29) is 12.0 Å². The Morgan fingerprint density at radius 3 is 2.88 bits per heavy atom. The molecule has 1 aromatic heterocycles. The molecule has 1 atom stereocenters. The molecule has 1 heterocycles.